The van der Waals surface area contributed by atoms with Gasteiger partial charge in [0.05, 0.1) is 12.2 Å². The Morgan fingerprint density at radius 1 is 0.667 bits per heavy atom. The Morgan fingerprint density at radius 2 is 1.00 bits per heavy atom. The van der Waals surface area contributed by atoms with Crippen molar-refractivity contribution < 1.29 is 4.74 Å². The maximum absolute atomic E-state index is 5.97. The zero-order valence-electron chi connectivity index (χ0n) is 7.93. The SMILES string of the molecule is C1CCC(OC2CCCC2)C1.P. The molecular formula is C10H21OP. The number of rotatable bonds is 2. The molecule has 2 aliphatic rings. The van der Waals surface area contributed by atoms with E-state index in [1.807, 2.05) is 0 Å². The zero-order valence-corrected chi connectivity index (χ0v) is 9.34. The molecule has 1 unspecified atom stereocenters. The molecule has 0 amide bonds. The largest absolute Gasteiger partial charge is 0.375 e. The first-order valence-electron chi connectivity index (χ1n) is 5.10. The fraction of sp³-hybridized carbons (Fsp3) is 1.00. The highest BCUT2D eigenvalue weighted by Gasteiger charge is 2.22. The van der Waals surface area contributed by atoms with Crippen molar-refractivity contribution in [3.8, 4) is 0 Å². The molecule has 0 bridgehead atoms. The Morgan fingerprint density at radius 3 is 1.33 bits per heavy atom. The van der Waals surface area contributed by atoms with E-state index in [1.54, 1.807) is 0 Å². The van der Waals surface area contributed by atoms with Crippen LogP contribution in [0.15, 0.2) is 0 Å². The van der Waals surface area contributed by atoms with E-state index in [0.29, 0.717) is 12.2 Å². The predicted octanol–water partition coefficient (Wildman–Crippen LogP) is 2.95. The lowest BCUT2D eigenvalue weighted by Crippen LogP contribution is -2.16. The van der Waals surface area contributed by atoms with Crippen LogP contribution in [-0.2, 0) is 4.74 Å². The monoisotopic (exact) mass is 188 g/mol. The van der Waals surface area contributed by atoms with Gasteiger partial charge in [-0.25, -0.2) is 0 Å². The molecule has 0 aliphatic heterocycles. The van der Waals surface area contributed by atoms with Crippen molar-refractivity contribution in [1.29, 1.82) is 0 Å². The van der Waals surface area contributed by atoms with Crippen LogP contribution in [-0.4, -0.2) is 12.2 Å². The smallest absolute Gasteiger partial charge is 0.0578 e. The maximum Gasteiger partial charge on any atom is 0.0578 e. The molecule has 2 rings (SSSR count). The molecule has 1 nitrogen and oxygen atoms in total. The minimum atomic E-state index is 0. The summed E-state index contributed by atoms with van der Waals surface area (Å²) in [7, 11) is 0. The highest BCUT2D eigenvalue weighted by molar-refractivity contribution is 6.92. The van der Waals surface area contributed by atoms with Gasteiger partial charge < -0.3 is 4.74 Å². The van der Waals surface area contributed by atoms with Crippen molar-refractivity contribution in [1.82, 2.24) is 0 Å². The van der Waals surface area contributed by atoms with Gasteiger partial charge >= 0.3 is 0 Å². The van der Waals surface area contributed by atoms with Crippen molar-refractivity contribution >= 4 is 9.90 Å². The molecule has 0 aromatic rings. The molecule has 2 fully saturated rings. The zero-order chi connectivity index (χ0) is 7.52. The second-order valence-corrected chi connectivity index (χ2v) is 3.95. The van der Waals surface area contributed by atoms with E-state index in [0.717, 1.165) is 0 Å². The summed E-state index contributed by atoms with van der Waals surface area (Å²) in [6.45, 7) is 0. The second kappa shape index (κ2) is 5.19. The molecule has 0 heterocycles. The molecule has 2 saturated carbocycles. The van der Waals surface area contributed by atoms with Crippen molar-refractivity contribution in [2.45, 2.75) is 63.6 Å². The van der Waals surface area contributed by atoms with Crippen LogP contribution in [0.4, 0.5) is 0 Å². The highest BCUT2D eigenvalue weighted by Crippen LogP contribution is 2.28. The average Bonchev–Trinajstić information content (AvgIpc) is 2.60. The van der Waals surface area contributed by atoms with Crippen molar-refractivity contribution in [2.24, 2.45) is 0 Å². The van der Waals surface area contributed by atoms with E-state index < -0.39 is 0 Å². The summed E-state index contributed by atoms with van der Waals surface area (Å²) in [5.41, 5.74) is 0. The molecule has 0 radical (unpaired) electrons. The average molecular weight is 188 g/mol. The van der Waals surface area contributed by atoms with Crippen LogP contribution in [0, 0.1) is 0 Å². The van der Waals surface area contributed by atoms with Crippen molar-refractivity contribution in [2.75, 3.05) is 0 Å². The highest BCUT2D eigenvalue weighted by atomic mass is 31.0. The third-order valence-electron chi connectivity index (χ3n) is 2.99. The Balaban J connectivity index is 0.000000720. The van der Waals surface area contributed by atoms with Crippen molar-refractivity contribution in [3.63, 3.8) is 0 Å². The topological polar surface area (TPSA) is 9.23 Å². The quantitative estimate of drug-likeness (QED) is 0.605. The summed E-state index contributed by atoms with van der Waals surface area (Å²) in [5, 5.41) is 0. The summed E-state index contributed by atoms with van der Waals surface area (Å²) in [6, 6.07) is 0. The molecule has 72 valence electrons. The van der Waals surface area contributed by atoms with Crippen LogP contribution < -0.4 is 0 Å². The lowest BCUT2D eigenvalue weighted by molar-refractivity contribution is -0.00353. The van der Waals surface area contributed by atoms with Gasteiger partial charge in [0.15, 0.2) is 0 Å². The molecular weight excluding hydrogens is 167 g/mol. The Hall–Kier alpha value is 0.390. The van der Waals surface area contributed by atoms with Crippen LogP contribution in [0.5, 0.6) is 0 Å². The molecule has 2 aliphatic carbocycles. The maximum atomic E-state index is 5.97. The van der Waals surface area contributed by atoms with Gasteiger partial charge in [0.25, 0.3) is 0 Å². The van der Waals surface area contributed by atoms with Gasteiger partial charge in [0.1, 0.15) is 0 Å². The normalized spacial score (nSPS) is 26.0. The molecule has 0 aromatic carbocycles. The summed E-state index contributed by atoms with van der Waals surface area (Å²) in [5.74, 6) is 0. The molecule has 0 aromatic heterocycles. The van der Waals surface area contributed by atoms with Crippen LogP contribution in [0.25, 0.3) is 0 Å². The fourth-order valence-electron chi connectivity index (χ4n) is 2.32. The molecule has 2 heteroatoms. The van der Waals surface area contributed by atoms with Crippen molar-refractivity contribution in [3.05, 3.63) is 0 Å². The number of ether oxygens (including phenoxy) is 1. The van der Waals surface area contributed by atoms with E-state index in [4.69, 9.17) is 4.74 Å². The van der Waals surface area contributed by atoms with Gasteiger partial charge in [-0.3, -0.25) is 0 Å². The van der Waals surface area contributed by atoms with Crippen LogP contribution in [0.2, 0.25) is 0 Å². The van der Waals surface area contributed by atoms with E-state index >= 15 is 0 Å². The molecule has 12 heavy (non-hydrogen) atoms. The minimum absolute atomic E-state index is 0. The summed E-state index contributed by atoms with van der Waals surface area (Å²) in [4.78, 5) is 0. The van der Waals surface area contributed by atoms with Crippen LogP contribution in [0.3, 0.4) is 0 Å². The summed E-state index contributed by atoms with van der Waals surface area (Å²) >= 11 is 0. The van der Waals surface area contributed by atoms with Gasteiger partial charge in [-0.05, 0) is 25.7 Å². The molecule has 0 N–H and O–H groups in total. The Labute approximate surface area is 78.9 Å². The number of hydrogen-bond donors (Lipinski definition) is 0. The lowest BCUT2D eigenvalue weighted by Gasteiger charge is -2.16. The van der Waals surface area contributed by atoms with E-state index in [9.17, 15) is 0 Å². The molecule has 0 spiro atoms. The first-order valence-corrected chi connectivity index (χ1v) is 5.10. The van der Waals surface area contributed by atoms with Gasteiger partial charge in [-0.15, -0.1) is 0 Å². The van der Waals surface area contributed by atoms with Gasteiger partial charge in [-0.2, -0.15) is 9.90 Å². The predicted molar refractivity (Wildman–Crippen MR) is 56.7 cm³/mol. The Kier molecular flexibility index (Phi) is 4.53. The van der Waals surface area contributed by atoms with Crippen LogP contribution >= 0.6 is 9.90 Å². The third-order valence-corrected chi connectivity index (χ3v) is 2.99. The summed E-state index contributed by atoms with van der Waals surface area (Å²) < 4.78 is 5.97. The molecule has 0 saturated heterocycles. The molecule has 1 atom stereocenters. The van der Waals surface area contributed by atoms with E-state index in [2.05, 4.69) is 0 Å². The first kappa shape index (κ1) is 10.5. The van der Waals surface area contributed by atoms with E-state index in [1.165, 1.54) is 51.4 Å². The minimum Gasteiger partial charge on any atom is -0.375 e. The standard InChI is InChI=1S/C10H18O.H3P/c1-2-6-9(5-1)11-10-7-3-4-8-10;/h9-10H,1-8H2;1H3. The second-order valence-electron chi connectivity index (χ2n) is 3.95. The Bertz CT molecular complexity index is 101. The number of hydrogen-bond acceptors (Lipinski definition) is 1. The van der Waals surface area contributed by atoms with E-state index in [-0.39, 0.29) is 9.90 Å². The van der Waals surface area contributed by atoms with Gasteiger partial charge in [-0.1, -0.05) is 25.7 Å². The van der Waals surface area contributed by atoms with Crippen LogP contribution in [0.1, 0.15) is 51.4 Å². The fourth-order valence-corrected chi connectivity index (χ4v) is 2.32. The third kappa shape index (κ3) is 2.71. The lowest BCUT2D eigenvalue weighted by atomic mass is 10.2. The van der Waals surface area contributed by atoms with Gasteiger partial charge in [0, 0.05) is 0 Å². The first-order chi connectivity index (χ1) is 5.45. The van der Waals surface area contributed by atoms with Gasteiger partial charge in [0.2, 0.25) is 0 Å². The summed E-state index contributed by atoms with van der Waals surface area (Å²) in [6.07, 6.45) is 12.2.